The van der Waals surface area contributed by atoms with E-state index >= 15 is 0 Å². The standard InChI is InChI=1S/C14H22N2O3/c1-19-10-12(17)7-8-16-14(18)13(15)9-11-5-3-2-4-6-11/h2-6,12-13,17H,7-10,15H2,1H3,(H,16,18). The second-order valence-electron chi connectivity index (χ2n) is 4.49. The SMILES string of the molecule is COCC(O)CCNC(=O)C(N)Cc1ccccc1. The van der Waals surface area contributed by atoms with Crippen molar-refractivity contribution < 1.29 is 14.6 Å². The van der Waals surface area contributed by atoms with Crippen LogP contribution in [0.4, 0.5) is 0 Å². The fourth-order valence-corrected chi connectivity index (χ4v) is 1.73. The number of hydrogen-bond acceptors (Lipinski definition) is 4. The molecule has 0 spiro atoms. The molecule has 2 atom stereocenters. The number of aliphatic hydroxyl groups is 1. The van der Waals surface area contributed by atoms with E-state index in [-0.39, 0.29) is 12.5 Å². The molecule has 0 saturated heterocycles. The predicted octanol–water partition coefficient (Wildman–Crippen LogP) is 0.0700. The van der Waals surface area contributed by atoms with Crippen molar-refractivity contribution in [2.75, 3.05) is 20.3 Å². The Bertz CT molecular complexity index is 370. The lowest BCUT2D eigenvalue weighted by Gasteiger charge is -2.14. The molecule has 0 bridgehead atoms. The summed E-state index contributed by atoms with van der Waals surface area (Å²) in [6.07, 6.45) is 0.404. The first-order chi connectivity index (χ1) is 9.13. The molecule has 5 nitrogen and oxygen atoms in total. The highest BCUT2D eigenvalue weighted by Crippen LogP contribution is 2.01. The Hall–Kier alpha value is -1.43. The van der Waals surface area contributed by atoms with Crippen LogP contribution >= 0.6 is 0 Å². The van der Waals surface area contributed by atoms with Crippen LogP contribution in [0.5, 0.6) is 0 Å². The van der Waals surface area contributed by atoms with Gasteiger partial charge in [0.05, 0.1) is 18.8 Å². The van der Waals surface area contributed by atoms with Crippen LogP contribution in [0.15, 0.2) is 30.3 Å². The molecule has 2 unspecified atom stereocenters. The van der Waals surface area contributed by atoms with E-state index in [1.165, 1.54) is 7.11 Å². The van der Waals surface area contributed by atoms with Crippen molar-refractivity contribution in [2.45, 2.75) is 25.0 Å². The van der Waals surface area contributed by atoms with Crippen LogP contribution in [0.2, 0.25) is 0 Å². The molecule has 0 aliphatic carbocycles. The van der Waals surface area contributed by atoms with Gasteiger partial charge in [0.25, 0.3) is 0 Å². The van der Waals surface area contributed by atoms with E-state index in [1.54, 1.807) is 0 Å². The van der Waals surface area contributed by atoms with E-state index in [9.17, 15) is 9.90 Å². The summed E-state index contributed by atoms with van der Waals surface area (Å²) in [5.74, 6) is -0.200. The van der Waals surface area contributed by atoms with Crippen LogP contribution in [0.3, 0.4) is 0 Å². The lowest BCUT2D eigenvalue weighted by molar-refractivity contribution is -0.122. The quantitative estimate of drug-likeness (QED) is 0.621. The molecule has 1 aromatic rings. The van der Waals surface area contributed by atoms with Gasteiger partial charge in [-0.3, -0.25) is 4.79 Å². The summed E-state index contributed by atoms with van der Waals surface area (Å²) in [6, 6.07) is 9.07. The normalized spacial score (nSPS) is 13.8. The average molecular weight is 266 g/mol. The minimum atomic E-state index is -0.568. The van der Waals surface area contributed by atoms with Gasteiger partial charge in [0.1, 0.15) is 0 Å². The molecule has 0 fully saturated rings. The summed E-state index contributed by atoms with van der Waals surface area (Å²) in [7, 11) is 1.53. The molecule has 4 N–H and O–H groups in total. The van der Waals surface area contributed by atoms with Crippen molar-refractivity contribution >= 4 is 5.91 Å². The zero-order valence-electron chi connectivity index (χ0n) is 11.2. The van der Waals surface area contributed by atoms with Gasteiger partial charge in [0.15, 0.2) is 0 Å². The first-order valence-electron chi connectivity index (χ1n) is 6.37. The van der Waals surface area contributed by atoms with Gasteiger partial charge < -0.3 is 20.9 Å². The molecule has 106 valence electrons. The fourth-order valence-electron chi connectivity index (χ4n) is 1.73. The van der Waals surface area contributed by atoms with Gasteiger partial charge in [0.2, 0.25) is 5.91 Å². The number of amides is 1. The first kappa shape index (κ1) is 15.6. The Kier molecular flexibility index (Phi) is 7.10. The molecule has 0 heterocycles. The number of methoxy groups -OCH3 is 1. The second kappa shape index (κ2) is 8.63. The number of nitrogens with one attached hydrogen (secondary N) is 1. The van der Waals surface area contributed by atoms with Crippen molar-refractivity contribution in [1.29, 1.82) is 0 Å². The third-order valence-electron chi connectivity index (χ3n) is 2.77. The van der Waals surface area contributed by atoms with Crippen molar-refractivity contribution in [1.82, 2.24) is 5.32 Å². The maximum Gasteiger partial charge on any atom is 0.237 e. The number of aliphatic hydroxyl groups excluding tert-OH is 1. The van der Waals surface area contributed by atoms with Gasteiger partial charge in [-0.1, -0.05) is 30.3 Å². The summed E-state index contributed by atoms with van der Waals surface area (Å²) in [4.78, 5) is 11.7. The minimum Gasteiger partial charge on any atom is -0.391 e. The van der Waals surface area contributed by atoms with Crippen molar-refractivity contribution in [3.8, 4) is 0 Å². The summed E-state index contributed by atoms with van der Waals surface area (Å²) < 4.78 is 4.80. The number of carbonyl (C=O) groups is 1. The molecule has 5 heteroatoms. The van der Waals surface area contributed by atoms with E-state index in [2.05, 4.69) is 5.32 Å². The summed E-state index contributed by atoms with van der Waals surface area (Å²) in [5, 5.41) is 12.1. The van der Waals surface area contributed by atoms with E-state index in [0.29, 0.717) is 19.4 Å². The van der Waals surface area contributed by atoms with Gasteiger partial charge in [-0.25, -0.2) is 0 Å². The van der Waals surface area contributed by atoms with Crippen LogP contribution in [0.25, 0.3) is 0 Å². The third-order valence-corrected chi connectivity index (χ3v) is 2.77. The first-order valence-corrected chi connectivity index (χ1v) is 6.37. The highest BCUT2D eigenvalue weighted by atomic mass is 16.5. The summed E-state index contributed by atoms with van der Waals surface area (Å²) >= 11 is 0. The zero-order chi connectivity index (χ0) is 14.1. The van der Waals surface area contributed by atoms with Crippen LogP contribution < -0.4 is 11.1 Å². The van der Waals surface area contributed by atoms with Crippen LogP contribution in [0, 0.1) is 0 Å². The smallest absolute Gasteiger partial charge is 0.237 e. The van der Waals surface area contributed by atoms with Gasteiger partial charge in [0, 0.05) is 13.7 Å². The van der Waals surface area contributed by atoms with Gasteiger partial charge in [-0.2, -0.15) is 0 Å². The molecular formula is C14H22N2O3. The molecule has 19 heavy (non-hydrogen) atoms. The molecule has 0 aliphatic heterocycles. The molecule has 0 aliphatic rings. The second-order valence-corrected chi connectivity index (χ2v) is 4.49. The van der Waals surface area contributed by atoms with Crippen molar-refractivity contribution in [3.63, 3.8) is 0 Å². The van der Waals surface area contributed by atoms with Gasteiger partial charge >= 0.3 is 0 Å². The number of benzene rings is 1. The summed E-state index contributed by atoms with van der Waals surface area (Å²) in [6.45, 7) is 0.664. The van der Waals surface area contributed by atoms with E-state index in [0.717, 1.165) is 5.56 Å². The van der Waals surface area contributed by atoms with E-state index in [1.807, 2.05) is 30.3 Å². The Balaban J connectivity index is 2.25. The minimum absolute atomic E-state index is 0.200. The lowest BCUT2D eigenvalue weighted by Crippen LogP contribution is -2.43. The maximum absolute atomic E-state index is 11.7. The van der Waals surface area contributed by atoms with Crippen LogP contribution in [-0.2, 0) is 16.0 Å². The largest absolute Gasteiger partial charge is 0.391 e. The van der Waals surface area contributed by atoms with Crippen LogP contribution in [0.1, 0.15) is 12.0 Å². The molecule has 0 saturated carbocycles. The van der Waals surface area contributed by atoms with Crippen molar-refractivity contribution in [2.24, 2.45) is 5.73 Å². The summed E-state index contributed by atoms with van der Waals surface area (Å²) in [5.41, 5.74) is 6.86. The van der Waals surface area contributed by atoms with Gasteiger partial charge in [-0.15, -0.1) is 0 Å². The monoisotopic (exact) mass is 266 g/mol. The lowest BCUT2D eigenvalue weighted by atomic mass is 10.1. The Labute approximate surface area is 113 Å². The highest BCUT2D eigenvalue weighted by molar-refractivity contribution is 5.81. The molecule has 1 rings (SSSR count). The molecule has 1 aromatic carbocycles. The number of hydrogen-bond donors (Lipinski definition) is 3. The molecule has 0 aromatic heterocycles. The number of carbonyl (C=O) groups excluding carboxylic acids is 1. The average Bonchev–Trinajstić information content (AvgIpc) is 2.40. The van der Waals surface area contributed by atoms with Crippen LogP contribution in [-0.4, -0.2) is 43.4 Å². The third kappa shape index (κ3) is 6.33. The Morgan fingerprint density at radius 3 is 2.74 bits per heavy atom. The fraction of sp³-hybridized carbons (Fsp3) is 0.500. The molecule has 1 amide bonds. The Morgan fingerprint density at radius 2 is 2.11 bits per heavy atom. The number of ether oxygens (including phenoxy) is 1. The number of rotatable bonds is 8. The van der Waals surface area contributed by atoms with Crippen molar-refractivity contribution in [3.05, 3.63) is 35.9 Å². The highest BCUT2D eigenvalue weighted by Gasteiger charge is 2.14. The molecular weight excluding hydrogens is 244 g/mol. The predicted molar refractivity (Wildman–Crippen MR) is 73.6 cm³/mol. The molecule has 0 radical (unpaired) electrons. The van der Waals surface area contributed by atoms with E-state index in [4.69, 9.17) is 10.5 Å². The number of nitrogens with two attached hydrogens (primary N) is 1. The maximum atomic E-state index is 11.7. The zero-order valence-corrected chi connectivity index (χ0v) is 11.2. The Morgan fingerprint density at radius 1 is 1.42 bits per heavy atom. The topological polar surface area (TPSA) is 84.6 Å². The van der Waals surface area contributed by atoms with Gasteiger partial charge in [-0.05, 0) is 18.4 Å². The van der Waals surface area contributed by atoms with E-state index < -0.39 is 12.1 Å².